The molecule has 0 N–H and O–H groups in total. The van der Waals surface area contributed by atoms with Crippen molar-refractivity contribution in [3.63, 3.8) is 0 Å². The maximum atomic E-state index is 3.80. The number of rotatable bonds is 4. The molecule has 3 aromatic rings. The first-order valence-electron chi connectivity index (χ1n) is 10.5. The van der Waals surface area contributed by atoms with Crippen LogP contribution in [0.5, 0.6) is 0 Å². The largest absolute Gasteiger partial charge is 0.0666 e. The Bertz CT molecular complexity index is 1100. The van der Waals surface area contributed by atoms with E-state index in [1.54, 1.807) is 5.19 Å². The molecule has 0 fully saturated rings. The zero-order chi connectivity index (χ0) is 20.8. The van der Waals surface area contributed by atoms with E-state index in [-0.39, 0.29) is 0 Å². The van der Waals surface area contributed by atoms with E-state index in [2.05, 4.69) is 125 Å². The first-order valence-corrected chi connectivity index (χ1v) is 13.6. The van der Waals surface area contributed by atoms with Crippen LogP contribution in [0, 0.1) is 0 Å². The highest BCUT2D eigenvalue weighted by molar-refractivity contribution is 9.10. The van der Waals surface area contributed by atoms with Crippen molar-refractivity contribution in [1.82, 2.24) is 0 Å². The maximum Gasteiger partial charge on any atom is 0.0597 e. The van der Waals surface area contributed by atoms with Gasteiger partial charge in [0.15, 0.2) is 0 Å². The van der Waals surface area contributed by atoms with E-state index in [0.29, 0.717) is 17.4 Å². The van der Waals surface area contributed by atoms with E-state index < -0.39 is 9.52 Å². The molecule has 2 aliphatic carbocycles. The van der Waals surface area contributed by atoms with Crippen LogP contribution in [0.1, 0.15) is 47.9 Å². The van der Waals surface area contributed by atoms with E-state index in [9.17, 15) is 0 Å². The molecule has 0 radical (unpaired) electrons. The summed E-state index contributed by atoms with van der Waals surface area (Å²) in [6, 6.07) is 24.6. The Morgan fingerprint density at radius 3 is 1.67 bits per heavy atom. The Balaban J connectivity index is 1.66. The first-order chi connectivity index (χ1) is 14.5. The van der Waals surface area contributed by atoms with Gasteiger partial charge in [0.25, 0.3) is 0 Å². The molecule has 0 nitrogen and oxygen atoms in total. The first kappa shape index (κ1) is 20.2. The van der Waals surface area contributed by atoms with Crippen LogP contribution < -0.4 is 5.19 Å². The number of hydrogen-bond acceptors (Lipinski definition) is 0. The topological polar surface area (TPSA) is 0 Å². The summed E-state index contributed by atoms with van der Waals surface area (Å²) >= 11 is 7.60. The molecular weight excluding hydrogens is 512 g/mol. The highest BCUT2D eigenvalue weighted by atomic mass is 79.9. The van der Waals surface area contributed by atoms with Crippen molar-refractivity contribution in [2.45, 2.75) is 31.2 Å². The molecule has 3 aromatic carbocycles. The van der Waals surface area contributed by atoms with Crippen LogP contribution in [0.25, 0.3) is 12.2 Å². The van der Waals surface area contributed by atoms with Crippen molar-refractivity contribution >= 4 is 58.7 Å². The number of halogens is 2. The third-order valence-electron chi connectivity index (χ3n) is 6.74. The van der Waals surface area contributed by atoms with Gasteiger partial charge in [0.05, 0.1) is 9.52 Å². The van der Waals surface area contributed by atoms with Gasteiger partial charge in [0.1, 0.15) is 0 Å². The minimum Gasteiger partial charge on any atom is -0.0666 e. The Hall–Kier alpha value is -1.68. The minimum absolute atomic E-state index is 0.475. The summed E-state index contributed by atoms with van der Waals surface area (Å²) in [4.78, 5) is 0. The summed E-state index contributed by atoms with van der Waals surface area (Å²) in [5.41, 5.74) is 9.34. The van der Waals surface area contributed by atoms with E-state index in [4.69, 9.17) is 0 Å². The molecule has 0 saturated carbocycles. The highest BCUT2D eigenvalue weighted by Gasteiger charge is 2.39. The SMILES string of the molecule is CC1=Cc2c(Br)cccc2C1C([SiH2]c1ccccc1)C1C(C)=Cc2c(Br)cccc21. The fraction of sp³-hybridized carbons (Fsp3) is 0.185. The third kappa shape index (κ3) is 3.41. The van der Waals surface area contributed by atoms with Crippen LogP contribution in [0.2, 0.25) is 5.54 Å². The molecule has 2 unspecified atom stereocenters. The Morgan fingerprint density at radius 2 is 1.17 bits per heavy atom. The van der Waals surface area contributed by atoms with Crippen molar-refractivity contribution in [1.29, 1.82) is 0 Å². The molecule has 150 valence electrons. The highest BCUT2D eigenvalue weighted by Crippen LogP contribution is 2.55. The molecule has 2 atom stereocenters. The van der Waals surface area contributed by atoms with E-state index in [1.165, 1.54) is 42.3 Å². The summed E-state index contributed by atoms with van der Waals surface area (Å²) in [7, 11) is -0.536. The number of allylic oxidation sites excluding steroid dienone is 2. The molecule has 5 rings (SSSR count). The van der Waals surface area contributed by atoms with Crippen LogP contribution in [-0.4, -0.2) is 9.52 Å². The Morgan fingerprint density at radius 1 is 0.667 bits per heavy atom. The van der Waals surface area contributed by atoms with Crippen LogP contribution in [0.15, 0.2) is 86.8 Å². The van der Waals surface area contributed by atoms with E-state index in [0.717, 1.165) is 0 Å². The van der Waals surface area contributed by atoms with Gasteiger partial charge in [-0.1, -0.05) is 115 Å². The number of fused-ring (bicyclic) bond motifs is 2. The van der Waals surface area contributed by atoms with Gasteiger partial charge in [0, 0.05) is 20.8 Å². The summed E-state index contributed by atoms with van der Waals surface area (Å²) in [5.74, 6) is 0.949. The lowest BCUT2D eigenvalue weighted by Crippen LogP contribution is -2.28. The molecule has 3 heteroatoms. The maximum absolute atomic E-state index is 3.80. The van der Waals surface area contributed by atoms with Gasteiger partial charge in [-0.15, -0.1) is 0 Å². The molecule has 30 heavy (non-hydrogen) atoms. The average molecular weight is 536 g/mol. The average Bonchev–Trinajstić information content (AvgIpc) is 3.25. The van der Waals surface area contributed by atoms with Gasteiger partial charge >= 0.3 is 0 Å². The zero-order valence-electron chi connectivity index (χ0n) is 17.2. The van der Waals surface area contributed by atoms with Gasteiger partial charge in [-0.2, -0.15) is 0 Å². The molecular formula is C27H24Br2Si. The second-order valence-corrected chi connectivity index (χ2v) is 12.4. The number of benzene rings is 3. The van der Waals surface area contributed by atoms with Gasteiger partial charge < -0.3 is 0 Å². The van der Waals surface area contributed by atoms with Crippen molar-refractivity contribution in [2.75, 3.05) is 0 Å². The standard InChI is InChI=1S/C27H24Br2Si/c1-16-14-21-19(10-6-12-23(21)28)25(16)27(30-18-8-4-3-5-9-18)26-17(2)15-22-20(26)11-7-13-24(22)29/h3-15,25-27H,30H2,1-2H3. The predicted molar refractivity (Wildman–Crippen MR) is 139 cm³/mol. The quantitative estimate of drug-likeness (QED) is 0.310. The smallest absolute Gasteiger partial charge is 0.0597 e. The lowest BCUT2D eigenvalue weighted by molar-refractivity contribution is 0.637. The molecule has 0 aromatic heterocycles. The molecule has 0 saturated heterocycles. The van der Waals surface area contributed by atoms with Crippen LogP contribution in [0.4, 0.5) is 0 Å². The Labute approximate surface area is 198 Å². The van der Waals surface area contributed by atoms with E-state index in [1.807, 2.05) is 0 Å². The fourth-order valence-electron chi connectivity index (χ4n) is 5.53. The summed E-state index contributed by atoms with van der Waals surface area (Å²) in [6.45, 7) is 4.67. The van der Waals surface area contributed by atoms with Gasteiger partial charge in [-0.05, 0) is 53.8 Å². The molecule has 0 amide bonds. The lowest BCUT2D eigenvalue weighted by atomic mass is 9.81. The fourth-order valence-corrected chi connectivity index (χ4v) is 9.33. The Kier molecular flexibility index (Phi) is 5.47. The van der Waals surface area contributed by atoms with Crippen LogP contribution in [0.3, 0.4) is 0 Å². The van der Waals surface area contributed by atoms with Crippen molar-refractivity contribution in [3.05, 3.63) is 109 Å². The van der Waals surface area contributed by atoms with Gasteiger partial charge in [-0.25, -0.2) is 0 Å². The van der Waals surface area contributed by atoms with Crippen LogP contribution >= 0.6 is 31.9 Å². The second kappa shape index (κ2) is 8.10. The van der Waals surface area contributed by atoms with Crippen LogP contribution in [-0.2, 0) is 0 Å². The normalized spacial score (nSPS) is 20.8. The second-order valence-electron chi connectivity index (χ2n) is 8.57. The van der Waals surface area contributed by atoms with Crippen molar-refractivity contribution in [2.24, 2.45) is 0 Å². The number of hydrogen-bond donors (Lipinski definition) is 0. The molecule has 0 heterocycles. The summed E-state index contributed by atoms with van der Waals surface area (Å²) in [6.07, 6.45) is 4.82. The molecule has 2 aliphatic rings. The monoisotopic (exact) mass is 534 g/mol. The third-order valence-corrected chi connectivity index (χ3v) is 10.5. The summed E-state index contributed by atoms with van der Waals surface area (Å²) in [5, 5.41) is 1.55. The predicted octanol–water partition coefficient (Wildman–Crippen LogP) is 7.20. The van der Waals surface area contributed by atoms with Crippen molar-refractivity contribution < 1.29 is 0 Å². The molecule has 0 spiro atoms. The lowest BCUT2D eigenvalue weighted by Gasteiger charge is -2.33. The van der Waals surface area contributed by atoms with Gasteiger partial charge in [-0.3, -0.25) is 0 Å². The zero-order valence-corrected chi connectivity index (χ0v) is 21.8. The molecule has 0 aliphatic heterocycles. The van der Waals surface area contributed by atoms with Crippen molar-refractivity contribution in [3.8, 4) is 0 Å². The minimum atomic E-state index is -0.536. The van der Waals surface area contributed by atoms with E-state index >= 15 is 0 Å². The van der Waals surface area contributed by atoms with Gasteiger partial charge in [0.2, 0.25) is 0 Å². The molecule has 0 bridgehead atoms. The summed E-state index contributed by atoms with van der Waals surface area (Å²) < 4.78 is 2.42.